The number of esters is 1. The van der Waals surface area contributed by atoms with Crippen LogP contribution in [0.15, 0.2) is 23.2 Å². The average molecular weight is 460 g/mol. The molecule has 1 heterocycles. The van der Waals surface area contributed by atoms with Gasteiger partial charge in [0.25, 0.3) is 0 Å². The van der Waals surface area contributed by atoms with E-state index in [-0.39, 0.29) is 29.9 Å². The second-order valence-corrected chi connectivity index (χ2v) is 5.99. The molecular formula is C18H29IN4O2. The van der Waals surface area contributed by atoms with E-state index in [1.165, 1.54) is 23.9 Å². The Balaban J connectivity index is 0.00000312. The van der Waals surface area contributed by atoms with E-state index in [1.54, 1.807) is 7.05 Å². The van der Waals surface area contributed by atoms with Gasteiger partial charge in [0.1, 0.15) is 0 Å². The van der Waals surface area contributed by atoms with Crippen molar-refractivity contribution in [1.82, 2.24) is 10.2 Å². The summed E-state index contributed by atoms with van der Waals surface area (Å²) in [6.07, 6.45) is 0.345. The third-order valence-electron chi connectivity index (χ3n) is 4.55. The number of nitrogens with zero attached hydrogens (tertiary/aromatic N) is 3. The zero-order chi connectivity index (χ0) is 17.5. The van der Waals surface area contributed by atoms with E-state index in [0.29, 0.717) is 13.0 Å². The average Bonchev–Trinajstić information content (AvgIpc) is 2.61. The molecule has 0 saturated carbocycles. The molecule has 1 saturated heterocycles. The van der Waals surface area contributed by atoms with Gasteiger partial charge in [-0.15, -0.1) is 24.0 Å². The molecule has 2 rings (SSSR count). The highest BCUT2D eigenvalue weighted by atomic mass is 127. The molecule has 7 heteroatoms. The van der Waals surface area contributed by atoms with Crippen molar-refractivity contribution in [2.75, 3.05) is 51.8 Å². The topological polar surface area (TPSA) is 57.2 Å². The monoisotopic (exact) mass is 460 g/mol. The van der Waals surface area contributed by atoms with Crippen LogP contribution in [-0.4, -0.2) is 63.7 Å². The number of rotatable bonds is 4. The maximum absolute atomic E-state index is 11.2. The third-order valence-corrected chi connectivity index (χ3v) is 4.55. The predicted octanol–water partition coefficient (Wildman–Crippen LogP) is 2.18. The Bertz CT molecular complexity index is 599. The number of halogens is 1. The number of guanidine groups is 1. The quantitative estimate of drug-likeness (QED) is 0.323. The maximum atomic E-state index is 11.2. The van der Waals surface area contributed by atoms with E-state index in [9.17, 15) is 4.79 Å². The van der Waals surface area contributed by atoms with Crippen LogP contribution in [-0.2, 0) is 9.53 Å². The van der Waals surface area contributed by atoms with E-state index < -0.39 is 0 Å². The van der Waals surface area contributed by atoms with E-state index >= 15 is 0 Å². The minimum absolute atomic E-state index is 0. The summed E-state index contributed by atoms with van der Waals surface area (Å²) in [6, 6.07) is 6.47. The molecule has 0 bridgehead atoms. The van der Waals surface area contributed by atoms with Gasteiger partial charge in [0.05, 0.1) is 13.5 Å². The SMILES string of the molecule is CN=C(NCCC(=O)OC)N1CCN(c2cccc(C)c2C)CC1.I. The van der Waals surface area contributed by atoms with Crippen molar-refractivity contribution in [3.63, 3.8) is 0 Å². The van der Waals surface area contributed by atoms with E-state index in [2.05, 4.69) is 56.9 Å². The molecule has 0 aliphatic carbocycles. The fourth-order valence-electron chi connectivity index (χ4n) is 2.95. The van der Waals surface area contributed by atoms with Gasteiger partial charge in [0, 0.05) is 45.5 Å². The van der Waals surface area contributed by atoms with Crippen LogP contribution < -0.4 is 10.2 Å². The summed E-state index contributed by atoms with van der Waals surface area (Å²) in [6.45, 7) is 8.61. The molecule has 1 fully saturated rings. The van der Waals surface area contributed by atoms with E-state index in [4.69, 9.17) is 0 Å². The molecular weight excluding hydrogens is 431 g/mol. The number of nitrogens with one attached hydrogen (secondary N) is 1. The molecule has 25 heavy (non-hydrogen) atoms. The fraction of sp³-hybridized carbons (Fsp3) is 0.556. The van der Waals surface area contributed by atoms with E-state index in [0.717, 1.165) is 32.1 Å². The number of hydrogen-bond donors (Lipinski definition) is 1. The van der Waals surface area contributed by atoms with Gasteiger partial charge in [0.15, 0.2) is 5.96 Å². The highest BCUT2D eigenvalue weighted by Crippen LogP contribution is 2.23. The van der Waals surface area contributed by atoms with Gasteiger partial charge in [-0.05, 0) is 31.0 Å². The van der Waals surface area contributed by atoms with E-state index in [1.807, 2.05) is 0 Å². The lowest BCUT2D eigenvalue weighted by Gasteiger charge is -2.38. The first-order valence-corrected chi connectivity index (χ1v) is 8.40. The molecule has 1 aromatic carbocycles. The second-order valence-electron chi connectivity index (χ2n) is 5.99. The number of piperazine rings is 1. The number of aryl methyl sites for hydroxylation is 1. The highest BCUT2D eigenvalue weighted by molar-refractivity contribution is 14.0. The van der Waals surface area contributed by atoms with Crippen LogP contribution in [0.25, 0.3) is 0 Å². The van der Waals surface area contributed by atoms with Gasteiger partial charge in [-0.3, -0.25) is 9.79 Å². The van der Waals surface area contributed by atoms with Gasteiger partial charge >= 0.3 is 5.97 Å². The zero-order valence-electron chi connectivity index (χ0n) is 15.5. The second kappa shape index (κ2) is 10.5. The summed E-state index contributed by atoms with van der Waals surface area (Å²) < 4.78 is 4.66. The third kappa shape index (κ3) is 5.76. The summed E-state index contributed by atoms with van der Waals surface area (Å²) in [4.78, 5) is 20.2. The Morgan fingerprint density at radius 1 is 1.24 bits per heavy atom. The lowest BCUT2D eigenvalue weighted by Crippen LogP contribution is -2.53. The summed E-state index contributed by atoms with van der Waals surface area (Å²) >= 11 is 0. The van der Waals surface area contributed by atoms with Crippen LogP contribution >= 0.6 is 24.0 Å². The van der Waals surface area contributed by atoms with Gasteiger partial charge in [0.2, 0.25) is 0 Å². The van der Waals surface area contributed by atoms with Crippen LogP contribution in [0, 0.1) is 13.8 Å². The molecule has 0 aromatic heterocycles. The fourth-order valence-corrected chi connectivity index (χ4v) is 2.95. The number of carbonyl (C=O) groups excluding carboxylic acids is 1. The predicted molar refractivity (Wildman–Crippen MR) is 113 cm³/mol. The van der Waals surface area contributed by atoms with Crippen molar-refractivity contribution in [3.8, 4) is 0 Å². The lowest BCUT2D eigenvalue weighted by molar-refractivity contribution is -0.140. The zero-order valence-corrected chi connectivity index (χ0v) is 17.9. The first-order chi connectivity index (χ1) is 11.6. The Morgan fingerprint density at radius 3 is 2.52 bits per heavy atom. The standard InChI is InChI=1S/C18H28N4O2.HI/c1-14-6-5-7-16(15(14)2)21-10-12-22(13-11-21)18(19-3)20-9-8-17(23)24-4;/h5-7H,8-13H2,1-4H3,(H,19,20);1H. The molecule has 0 spiro atoms. The van der Waals surface area contributed by atoms with Crippen LogP contribution in [0.2, 0.25) is 0 Å². The minimum atomic E-state index is -0.210. The molecule has 1 aliphatic rings. The first kappa shape index (κ1) is 21.5. The molecule has 6 nitrogen and oxygen atoms in total. The molecule has 0 atom stereocenters. The Kier molecular flexibility index (Phi) is 9.02. The molecule has 0 amide bonds. The number of ether oxygens (including phenoxy) is 1. The normalized spacial score (nSPS) is 14.8. The highest BCUT2D eigenvalue weighted by Gasteiger charge is 2.21. The Hall–Kier alpha value is -1.51. The maximum Gasteiger partial charge on any atom is 0.307 e. The molecule has 0 unspecified atom stereocenters. The number of aliphatic imine (C=N–C) groups is 1. The number of hydrogen-bond acceptors (Lipinski definition) is 4. The summed E-state index contributed by atoms with van der Waals surface area (Å²) in [5.41, 5.74) is 4.00. The molecule has 0 radical (unpaired) electrons. The van der Waals surface area contributed by atoms with Crippen molar-refractivity contribution in [2.24, 2.45) is 4.99 Å². The van der Waals surface area contributed by atoms with Crippen molar-refractivity contribution in [3.05, 3.63) is 29.3 Å². The Labute approximate surface area is 167 Å². The van der Waals surface area contributed by atoms with Gasteiger partial charge in [-0.2, -0.15) is 0 Å². The largest absolute Gasteiger partial charge is 0.469 e. The van der Waals surface area contributed by atoms with Crippen LogP contribution in [0.4, 0.5) is 5.69 Å². The van der Waals surface area contributed by atoms with Crippen LogP contribution in [0.3, 0.4) is 0 Å². The number of benzene rings is 1. The van der Waals surface area contributed by atoms with Crippen molar-refractivity contribution in [2.45, 2.75) is 20.3 Å². The van der Waals surface area contributed by atoms with Crippen LogP contribution in [0.1, 0.15) is 17.5 Å². The molecule has 1 N–H and O–H groups in total. The summed E-state index contributed by atoms with van der Waals surface area (Å²) in [7, 11) is 3.18. The summed E-state index contributed by atoms with van der Waals surface area (Å²) in [5.74, 6) is 0.636. The van der Waals surface area contributed by atoms with Gasteiger partial charge in [-0.25, -0.2) is 0 Å². The van der Waals surface area contributed by atoms with Gasteiger partial charge in [-0.1, -0.05) is 12.1 Å². The van der Waals surface area contributed by atoms with Crippen molar-refractivity contribution >= 4 is 41.6 Å². The molecule has 1 aromatic rings. The van der Waals surface area contributed by atoms with Crippen molar-refractivity contribution in [1.29, 1.82) is 0 Å². The minimum Gasteiger partial charge on any atom is -0.469 e. The Morgan fingerprint density at radius 2 is 1.92 bits per heavy atom. The lowest BCUT2D eigenvalue weighted by atomic mass is 10.1. The number of methoxy groups -OCH3 is 1. The van der Waals surface area contributed by atoms with Crippen molar-refractivity contribution < 1.29 is 9.53 Å². The smallest absolute Gasteiger partial charge is 0.307 e. The van der Waals surface area contributed by atoms with Gasteiger partial charge < -0.3 is 19.9 Å². The summed E-state index contributed by atoms with van der Waals surface area (Å²) in [5, 5.41) is 3.24. The first-order valence-electron chi connectivity index (χ1n) is 8.40. The number of anilines is 1. The number of carbonyl (C=O) groups is 1. The molecule has 1 aliphatic heterocycles. The molecule has 140 valence electrons. The van der Waals surface area contributed by atoms with Crippen LogP contribution in [0.5, 0.6) is 0 Å².